The quantitative estimate of drug-likeness (QED) is 0.172. The zero-order valence-corrected chi connectivity index (χ0v) is 24.6. The maximum atomic E-state index is 12.1. The number of nitrogens with one attached hydrogen (secondary N) is 1. The van der Waals surface area contributed by atoms with Gasteiger partial charge >= 0.3 is 0 Å². The second-order valence-electron chi connectivity index (χ2n) is 9.85. The lowest BCUT2D eigenvalue weighted by molar-refractivity contribution is 0.0983. The van der Waals surface area contributed by atoms with Gasteiger partial charge in [-0.3, -0.25) is 9.78 Å². The third kappa shape index (κ3) is 7.10. The highest BCUT2D eigenvalue weighted by Crippen LogP contribution is 2.29. The number of hydrogen-bond acceptors (Lipinski definition) is 10. The SMILES string of the molecule is CCC(=O)c1cc(C)c(Nc2nccnc2-c2cc(N(Cc3ccc(OC)cc3)Cc3ccc(OC)cc3)ncn2)cn1. The summed E-state index contributed by atoms with van der Waals surface area (Å²) in [5.74, 6) is 2.85. The fraction of sp³-hybridized carbons (Fsp3) is 0.212. The maximum Gasteiger partial charge on any atom is 0.180 e. The van der Waals surface area contributed by atoms with E-state index in [1.54, 1.807) is 38.9 Å². The molecule has 0 spiro atoms. The largest absolute Gasteiger partial charge is 0.497 e. The van der Waals surface area contributed by atoms with E-state index in [9.17, 15) is 4.79 Å². The van der Waals surface area contributed by atoms with Crippen molar-refractivity contribution in [2.75, 3.05) is 24.4 Å². The number of methoxy groups -OCH3 is 2. The first-order chi connectivity index (χ1) is 21.0. The van der Waals surface area contributed by atoms with Crippen LogP contribution in [0.1, 0.15) is 40.5 Å². The van der Waals surface area contributed by atoms with Crippen molar-refractivity contribution < 1.29 is 14.3 Å². The van der Waals surface area contributed by atoms with Crippen LogP contribution >= 0.6 is 0 Å². The van der Waals surface area contributed by atoms with Crippen molar-refractivity contribution in [1.29, 1.82) is 0 Å². The molecule has 0 radical (unpaired) electrons. The van der Waals surface area contributed by atoms with Crippen molar-refractivity contribution in [3.63, 3.8) is 0 Å². The Hall–Kier alpha value is -5.38. The number of aromatic nitrogens is 5. The van der Waals surface area contributed by atoms with E-state index in [1.807, 2.05) is 68.4 Å². The molecule has 5 rings (SSSR count). The van der Waals surface area contributed by atoms with E-state index in [-0.39, 0.29) is 5.78 Å². The Kier molecular flexibility index (Phi) is 9.16. The van der Waals surface area contributed by atoms with Gasteiger partial charge in [-0.2, -0.15) is 0 Å². The molecule has 3 aromatic heterocycles. The molecular weight excluding hydrogens is 542 g/mol. The fourth-order valence-corrected chi connectivity index (χ4v) is 4.54. The van der Waals surface area contributed by atoms with Gasteiger partial charge in [0.1, 0.15) is 35.0 Å². The number of benzene rings is 2. The number of carbonyl (C=O) groups excluding carboxylic acids is 1. The zero-order chi connectivity index (χ0) is 30.2. The van der Waals surface area contributed by atoms with Crippen LogP contribution in [0.2, 0.25) is 0 Å². The molecule has 10 heteroatoms. The summed E-state index contributed by atoms with van der Waals surface area (Å²) < 4.78 is 10.7. The number of anilines is 3. The lowest BCUT2D eigenvalue weighted by Crippen LogP contribution is -2.23. The summed E-state index contributed by atoms with van der Waals surface area (Å²) >= 11 is 0. The highest BCUT2D eigenvalue weighted by Gasteiger charge is 2.17. The molecule has 0 fully saturated rings. The van der Waals surface area contributed by atoms with E-state index in [0.29, 0.717) is 42.4 Å². The maximum absolute atomic E-state index is 12.1. The summed E-state index contributed by atoms with van der Waals surface area (Å²) in [4.78, 5) is 37.0. The van der Waals surface area contributed by atoms with Crippen molar-refractivity contribution in [2.45, 2.75) is 33.4 Å². The molecule has 43 heavy (non-hydrogen) atoms. The van der Waals surface area contributed by atoms with Gasteiger partial charge in [-0.15, -0.1) is 0 Å². The molecule has 0 aliphatic rings. The second-order valence-corrected chi connectivity index (χ2v) is 9.85. The molecule has 0 amide bonds. The highest BCUT2D eigenvalue weighted by atomic mass is 16.5. The van der Waals surface area contributed by atoms with E-state index in [4.69, 9.17) is 9.47 Å². The van der Waals surface area contributed by atoms with Gasteiger partial charge in [0.2, 0.25) is 0 Å². The van der Waals surface area contributed by atoms with Crippen LogP contribution in [0.3, 0.4) is 0 Å². The lowest BCUT2D eigenvalue weighted by Gasteiger charge is -2.24. The third-order valence-corrected chi connectivity index (χ3v) is 6.95. The van der Waals surface area contributed by atoms with Crippen molar-refractivity contribution in [1.82, 2.24) is 24.9 Å². The Balaban J connectivity index is 1.46. The number of rotatable bonds is 12. The summed E-state index contributed by atoms with van der Waals surface area (Å²) in [6.45, 7) is 4.95. The molecule has 0 saturated heterocycles. The first-order valence-electron chi connectivity index (χ1n) is 13.9. The molecule has 0 aliphatic carbocycles. The molecule has 0 bridgehead atoms. The van der Waals surface area contributed by atoms with E-state index < -0.39 is 0 Å². The molecule has 0 unspecified atom stereocenters. The van der Waals surface area contributed by atoms with Crippen molar-refractivity contribution >= 4 is 23.1 Å². The van der Waals surface area contributed by atoms with Gasteiger partial charge in [-0.1, -0.05) is 31.2 Å². The number of hydrogen-bond donors (Lipinski definition) is 1. The standard InChI is InChI=1S/C33H33N7O3/c1-5-30(41)27-16-22(2)29(18-36-27)39-33-32(34-14-15-35-33)28-17-31(38-21-37-28)40(19-23-6-10-25(42-3)11-7-23)20-24-8-12-26(43-4)13-9-24/h6-18,21H,5,19-20H2,1-4H3,(H,35,39). The third-order valence-electron chi connectivity index (χ3n) is 6.95. The lowest BCUT2D eigenvalue weighted by atomic mass is 10.1. The van der Waals surface area contributed by atoms with Gasteiger partial charge in [0.15, 0.2) is 11.6 Å². The summed E-state index contributed by atoms with van der Waals surface area (Å²) in [5, 5.41) is 3.33. The number of carbonyl (C=O) groups is 1. The summed E-state index contributed by atoms with van der Waals surface area (Å²) in [7, 11) is 3.31. The van der Waals surface area contributed by atoms with Crippen molar-refractivity contribution in [3.05, 3.63) is 108 Å². The van der Waals surface area contributed by atoms with E-state index >= 15 is 0 Å². The van der Waals surface area contributed by atoms with Gasteiger partial charge in [-0.05, 0) is 53.9 Å². The van der Waals surface area contributed by atoms with E-state index in [1.165, 1.54) is 6.33 Å². The molecular formula is C33H33N7O3. The van der Waals surface area contributed by atoms with Crippen LogP contribution in [0.15, 0.2) is 85.6 Å². The number of aryl methyl sites for hydroxylation is 1. The minimum absolute atomic E-state index is 0.00260. The first-order valence-corrected chi connectivity index (χ1v) is 13.9. The monoisotopic (exact) mass is 575 g/mol. The summed E-state index contributed by atoms with van der Waals surface area (Å²) in [5.41, 5.74) is 5.42. The van der Waals surface area contributed by atoms with Gasteiger partial charge < -0.3 is 19.7 Å². The highest BCUT2D eigenvalue weighted by molar-refractivity contribution is 5.94. The van der Waals surface area contributed by atoms with Gasteiger partial charge in [-0.25, -0.2) is 19.9 Å². The number of nitrogens with zero attached hydrogens (tertiary/aromatic N) is 6. The van der Waals surface area contributed by atoms with Crippen molar-refractivity contribution in [2.24, 2.45) is 0 Å². The molecule has 3 heterocycles. The van der Waals surface area contributed by atoms with Crippen LogP contribution < -0.4 is 19.7 Å². The van der Waals surface area contributed by atoms with Crippen LogP contribution in [0.4, 0.5) is 17.3 Å². The van der Waals surface area contributed by atoms with Gasteiger partial charge in [0.25, 0.3) is 0 Å². The zero-order valence-electron chi connectivity index (χ0n) is 24.6. The fourth-order valence-electron chi connectivity index (χ4n) is 4.54. The average Bonchev–Trinajstić information content (AvgIpc) is 3.06. The average molecular weight is 576 g/mol. The molecule has 10 nitrogen and oxygen atoms in total. The smallest absolute Gasteiger partial charge is 0.180 e. The molecule has 218 valence electrons. The molecule has 2 aromatic carbocycles. The van der Waals surface area contributed by atoms with E-state index in [0.717, 1.165) is 39.7 Å². The predicted octanol–water partition coefficient (Wildman–Crippen LogP) is 6.20. The number of ketones is 1. The number of ether oxygens (including phenoxy) is 2. The molecule has 0 saturated carbocycles. The summed E-state index contributed by atoms with van der Waals surface area (Å²) in [6, 6.07) is 19.7. The Labute approximate surface area is 250 Å². The number of Topliss-reactive ketones (excluding diaryl/α,β-unsaturated/α-hetero) is 1. The van der Waals surface area contributed by atoms with Crippen LogP contribution in [-0.4, -0.2) is 44.9 Å². The minimum Gasteiger partial charge on any atom is -0.497 e. The Morgan fingerprint density at radius 3 is 2.02 bits per heavy atom. The number of pyridine rings is 1. The second kappa shape index (κ2) is 13.5. The van der Waals surface area contributed by atoms with Crippen molar-refractivity contribution in [3.8, 4) is 22.9 Å². The molecule has 0 aliphatic heterocycles. The first kappa shape index (κ1) is 29.1. The molecule has 5 aromatic rings. The van der Waals surface area contributed by atoms with Crippen LogP contribution in [0, 0.1) is 6.92 Å². The predicted molar refractivity (Wildman–Crippen MR) is 166 cm³/mol. The Morgan fingerprint density at radius 1 is 0.814 bits per heavy atom. The van der Waals surface area contributed by atoms with E-state index in [2.05, 4.69) is 35.1 Å². The normalized spacial score (nSPS) is 10.7. The Bertz CT molecular complexity index is 1640. The van der Waals surface area contributed by atoms with Gasteiger partial charge in [0, 0.05) is 38.0 Å². The minimum atomic E-state index is -0.00260. The van der Waals surface area contributed by atoms with Gasteiger partial charge in [0.05, 0.1) is 31.8 Å². The van der Waals surface area contributed by atoms with Crippen LogP contribution in [0.5, 0.6) is 11.5 Å². The van der Waals surface area contributed by atoms with Crippen LogP contribution in [0.25, 0.3) is 11.4 Å². The van der Waals surface area contributed by atoms with Crippen LogP contribution in [-0.2, 0) is 13.1 Å². The summed E-state index contributed by atoms with van der Waals surface area (Å²) in [6.07, 6.45) is 6.83. The topological polar surface area (TPSA) is 115 Å². The Morgan fingerprint density at radius 2 is 1.44 bits per heavy atom. The molecule has 0 atom stereocenters. The molecule has 1 N–H and O–H groups in total.